The first kappa shape index (κ1) is 19.8. The third kappa shape index (κ3) is 3.71. The Morgan fingerprint density at radius 3 is 2.32 bits per heavy atom. The summed E-state index contributed by atoms with van der Waals surface area (Å²) < 4.78 is 7.07. The van der Waals surface area contributed by atoms with Crippen molar-refractivity contribution in [1.29, 1.82) is 0 Å². The molecule has 7 nitrogen and oxygen atoms in total. The molecule has 2 aliphatic heterocycles. The molecule has 2 saturated heterocycles. The summed E-state index contributed by atoms with van der Waals surface area (Å²) in [7, 11) is 1.76. The summed E-state index contributed by atoms with van der Waals surface area (Å²) in [6.07, 6.45) is 4.33. The molecule has 0 aliphatic carbocycles. The molecule has 7 heteroatoms. The average Bonchev–Trinajstić information content (AvgIpc) is 3.61. The van der Waals surface area contributed by atoms with Gasteiger partial charge >= 0.3 is 0 Å². The van der Waals surface area contributed by atoms with Gasteiger partial charge in [0.15, 0.2) is 5.75 Å². The molecule has 0 bridgehead atoms. The zero-order valence-corrected chi connectivity index (χ0v) is 17.5. The zero-order valence-electron chi connectivity index (χ0n) is 17.5. The second kappa shape index (κ2) is 8.17. The molecular weight excluding hydrogens is 392 g/mol. The van der Waals surface area contributed by atoms with Crippen LogP contribution in [0.2, 0.25) is 0 Å². The minimum atomic E-state index is -0.495. The van der Waals surface area contributed by atoms with Crippen LogP contribution >= 0.6 is 0 Å². The first-order valence-electron chi connectivity index (χ1n) is 10.8. The van der Waals surface area contributed by atoms with Gasteiger partial charge in [0.2, 0.25) is 5.43 Å². The van der Waals surface area contributed by atoms with Gasteiger partial charge in [0, 0.05) is 29.9 Å². The van der Waals surface area contributed by atoms with Crippen LogP contribution in [0.4, 0.5) is 5.69 Å². The van der Waals surface area contributed by atoms with E-state index >= 15 is 0 Å². The lowest BCUT2D eigenvalue weighted by molar-refractivity contribution is 0.351. The number of nitrogens with zero attached hydrogens (tertiary/aromatic N) is 3. The van der Waals surface area contributed by atoms with E-state index in [0.717, 1.165) is 29.9 Å². The van der Waals surface area contributed by atoms with E-state index in [2.05, 4.69) is 39.6 Å². The maximum absolute atomic E-state index is 12.5. The third-order valence-electron chi connectivity index (χ3n) is 6.01. The fraction of sp³-hybridized carbons (Fsp3) is 0.333. The van der Waals surface area contributed by atoms with Gasteiger partial charge in [-0.2, -0.15) is 5.10 Å². The maximum atomic E-state index is 12.5. The maximum Gasteiger partial charge on any atom is 0.247 e. The second-order valence-electron chi connectivity index (χ2n) is 8.02. The van der Waals surface area contributed by atoms with Crippen molar-refractivity contribution in [2.75, 3.05) is 25.0 Å². The zero-order chi connectivity index (χ0) is 21.4. The van der Waals surface area contributed by atoms with Gasteiger partial charge in [-0.3, -0.25) is 10.1 Å². The van der Waals surface area contributed by atoms with Gasteiger partial charge in [-0.15, -0.1) is 0 Å². The highest BCUT2D eigenvalue weighted by Crippen LogP contribution is 2.37. The molecule has 2 unspecified atom stereocenters. The minimum Gasteiger partial charge on any atom is -0.503 e. The van der Waals surface area contributed by atoms with E-state index in [9.17, 15) is 9.90 Å². The SMILES string of the molecule is CNC1OC1c1nn(-c2ccccc2-c2ccccc2N2CCCCC2)cc(O)c1=O. The van der Waals surface area contributed by atoms with Crippen LogP contribution in [-0.2, 0) is 4.74 Å². The van der Waals surface area contributed by atoms with Gasteiger partial charge in [0.1, 0.15) is 18.0 Å². The first-order chi connectivity index (χ1) is 15.2. The topological polar surface area (TPSA) is 82.9 Å². The van der Waals surface area contributed by atoms with Gasteiger partial charge < -0.3 is 14.7 Å². The van der Waals surface area contributed by atoms with E-state index in [0.29, 0.717) is 0 Å². The lowest BCUT2D eigenvalue weighted by Gasteiger charge is -2.31. The molecule has 2 aliphatic rings. The first-order valence-corrected chi connectivity index (χ1v) is 10.8. The van der Waals surface area contributed by atoms with Crippen LogP contribution in [0.1, 0.15) is 31.1 Å². The number of epoxide rings is 1. The summed E-state index contributed by atoms with van der Waals surface area (Å²) in [5.74, 6) is -0.338. The fourth-order valence-electron chi connectivity index (χ4n) is 4.36. The molecule has 0 amide bonds. The van der Waals surface area contributed by atoms with Crippen LogP contribution in [-0.4, -0.2) is 41.3 Å². The van der Waals surface area contributed by atoms with Crippen molar-refractivity contribution < 1.29 is 9.84 Å². The summed E-state index contributed by atoms with van der Waals surface area (Å²) in [5.41, 5.74) is 3.80. The molecule has 2 N–H and O–H groups in total. The Hall–Kier alpha value is -3.16. The molecule has 3 heterocycles. The van der Waals surface area contributed by atoms with Crippen molar-refractivity contribution >= 4 is 5.69 Å². The number of hydrogen-bond donors (Lipinski definition) is 2. The Kier molecular flexibility index (Phi) is 5.21. The van der Waals surface area contributed by atoms with E-state index in [4.69, 9.17) is 4.74 Å². The Bertz CT molecular complexity index is 1150. The van der Waals surface area contributed by atoms with E-state index in [1.165, 1.54) is 31.1 Å². The highest BCUT2D eigenvalue weighted by atomic mass is 16.6. The second-order valence-corrected chi connectivity index (χ2v) is 8.02. The number of piperidine rings is 1. The van der Waals surface area contributed by atoms with Crippen LogP contribution in [0.3, 0.4) is 0 Å². The van der Waals surface area contributed by atoms with E-state index < -0.39 is 11.5 Å². The molecule has 2 atom stereocenters. The average molecular weight is 418 g/mol. The van der Waals surface area contributed by atoms with Crippen LogP contribution in [0.25, 0.3) is 16.8 Å². The lowest BCUT2D eigenvalue weighted by Crippen LogP contribution is -2.29. The number of aromatic hydroxyl groups is 1. The largest absolute Gasteiger partial charge is 0.503 e. The minimum absolute atomic E-state index is 0.207. The summed E-state index contributed by atoms with van der Waals surface area (Å²) in [4.78, 5) is 14.9. The number of likely N-dealkylation sites (N-methyl/N-ethyl adjacent to an activating group) is 1. The van der Waals surface area contributed by atoms with Crippen molar-refractivity contribution in [3.8, 4) is 22.6 Å². The van der Waals surface area contributed by atoms with Crippen LogP contribution in [0.15, 0.2) is 59.5 Å². The predicted octanol–water partition coefficient (Wildman–Crippen LogP) is 3.21. The van der Waals surface area contributed by atoms with Crippen molar-refractivity contribution in [1.82, 2.24) is 15.1 Å². The highest BCUT2D eigenvalue weighted by molar-refractivity contribution is 5.83. The fourth-order valence-corrected chi connectivity index (χ4v) is 4.36. The third-order valence-corrected chi connectivity index (χ3v) is 6.01. The van der Waals surface area contributed by atoms with Crippen molar-refractivity contribution in [2.45, 2.75) is 31.6 Å². The number of aromatic nitrogens is 2. The summed E-state index contributed by atoms with van der Waals surface area (Å²) in [6.45, 7) is 2.09. The van der Waals surface area contributed by atoms with Crippen molar-refractivity contribution in [3.63, 3.8) is 0 Å². The van der Waals surface area contributed by atoms with Gasteiger partial charge in [-0.05, 0) is 38.4 Å². The molecule has 3 aromatic rings. The summed E-state index contributed by atoms with van der Waals surface area (Å²) in [5, 5.41) is 17.9. The molecule has 2 fully saturated rings. The summed E-state index contributed by atoms with van der Waals surface area (Å²) >= 11 is 0. The smallest absolute Gasteiger partial charge is 0.247 e. The van der Waals surface area contributed by atoms with Crippen LogP contribution < -0.4 is 15.6 Å². The molecule has 2 aromatic carbocycles. The predicted molar refractivity (Wildman–Crippen MR) is 120 cm³/mol. The molecular formula is C24H26N4O3. The number of rotatable bonds is 5. The number of hydrogen-bond acceptors (Lipinski definition) is 6. The molecule has 0 spiro atoms. The van der Waals surface area contributed by atoms with Gasteiger partial charge in [-0.1, -0.05) is 36.4 Å². The molecule has 0 radical (unpaired) electrons. The monoisotopic (exact) mass is 418 g/mol. The summed E-state index contributed by atoms with van der Waals surface area (Å²) in [6, 6.07) is 16.3. The Balaban J connectivity index is 1.62. The van der Waals surface area contributed by atoms with Gasteiger partial charge in [-0.25, -0.2) is 4.68 Å². The molecule has 0 saturated carbocycles. The number of benzene rings is 2. The highest BCUT2D eigenvalue weighted by Gasteiger charge is 2.43. The normalized spacial score (nSPS) is 20.6. The number of ether oxygens (including phenoxy) is 1. The number of nitrogens with one attached hydrogen (secondary N) is 1. The van der Waals surface area contributed by atoms with E-state index in [1.54, 1.807) is 11.7 Å². The molecule has 31 heavy (non-hydrogen) atoms. The van der Waals surface area contributed by atoms with E-state index in [-0.39, 0.29) is 17.7 Å². The van der Waals surface area contributed by atoms with Gasteiger partial charge in [0.25, 0.3) is 0 Å². The quantitative estimate of drug-likeness (QED) is 0.619. The molecule has 5 rings (SSSR count). The van der Waals surface area contributed by atoms with Crippen LogP contribution in [0.5, 0.6) is 5.75 Å². The standard InChI is InChI=1S/C24H26N4O3/c1-25-24-23(31-24)21-22(30)20(29)15-28(26-21)19-12-6-4-10-17(19)16-9-3-5-11-18(16)27-13-7-2-8-14-27/h3-6,9-12,15,23-25,29H,2,7-8,13-14H2,1H3. The van der Waals surface area contributed by atoms with Crippen LogP contribution in [0, 0.1) is 0 Å². The number of para-hydroxylation sites is 2. The number of anilines is 1. The van der Waals surface area contributed by atoms with E-state index in [1.807, 2.05) is 24.3 Å². The van der Waals surface area contributed by atoms with Gasteiger partial charge in [0.05, 0.1) is 11.9 Å². The Morgan fingerprint density at radius 2 is 1.65 bits per heavy atom. The Morgan fingerprint density at radius 1 is 1.00 bits per heavy atom. The Labute approximate surface area is 180 Å². The van der Waals surface area contributed by atoms with Crippen molar-refractivity contribution in [3.05, 3.63) is 70.6 Å². The molecule has 1 aromatic heterocycles. The lowest BCUT2D eigenvalue weighted by atomic mass is 9.99. The molecule has 160 valence electrons. The van der Waals surface area contributed by atoms with Crippen molar-refractivity contribution in [2.24, 2.45) is 0 Å².